The number of likely N-dealkylation sites (tertiary alicyclic amines) is 1. The Balaban J connectivity index is 1.45. The number of fused-ring (bicyclic) bond motifs is 1. The second kappa shape index (κ2) is 7.42. The molecule has 2 N–H and O–H groups in total. The van der Waals surface area contributed by atoms with Crippen molar-refractivity contribution < 1.29 is 9.59 Å². The lowest BCUT2D eigenvalue weighted by molar-refractivity contribution is -0.118. The van der Waals surface area contributed by atoms with E-state index in [1.807, 2.05) is 32.7 Å². The molecule has 1 atom stereocenters. The third kappa shape index (κ3) is 3.62. The molecule has 1 unspecified atom stereocenters. The van der Waals surface area contributed by atoms with E-state index in [1.165, 1.54) is 17.5 Å². The molecule has 9 nitrogen and oxygen atoms in total. The normalized spacial score (nSPS) is 19.1. The third-order valence-electron chi connectivity index (χ3n) is 5.16. The molecule has 2 amide bonds. The van der Waals surface area contributed by atoms with Crippen LogP contribution in [0.25, 0.3) is 0 Å². The minimum absolute atomic E-state index is 0.0428. The summed E-state index contributed by atoms with van der Waals surface area (Å²) in [5, 5.41) is 6.23. The standard InChI is InChI=1S/C18H22ClN7O2S/c1-8(2)13-15(27)23-12-9(3)21-18(24-14(12)25(13)4)22-10-6-26(7-10)16(28)11-5-20-17(19)29-11/h5,8,10,13H,6-7H2,1-4H3,(H,23,27)(H,21,22,24). The van der Waals surface area contributed by atoms with E-state index in [1.54, 1.807) is 4.90 Å². The van der Waals surface area contributed by atoms with Gasteiger partial charge < -0.3 is 20.4 Å². The summed E-state index contributed by atoms with van der Waals surface area (Å²) in [5.74, 6) is 1.22. The Morgan fingerprint density at radius 3 is 2.72 bits per heavy atom. The summed E-state index contributed by atoms with van der Waals surface area (Å²) in [4.78, 5) is 42.0. The van der Waals surface area contributed by atoms with Crippen LogP contribution in [0.5, 0.6) is 0 Å². The fourth-order valence-corrected chi connectivity index (χ4v) is 4.61. The highest BCUT2D eigenvalue weighted by Crippen LogP contribution is 2.34. The molecule has 1 fully saturated rings. The summed E-state index contributed by atoms with van der Waals surface area (Å²) in [5.41, 5.74) is 1.35. The highest BCUT2D eigenvalue weighted by atomic mass is 35.5. The van der Waals surface area contributed by atoms with E-state index in [4.69, 9.17) is 11.6 Å². The number of hydrogen-bond acceptors (Lipinski definition) is 8. The number of nitrogens with one attached hydrogen (secondary N) is 2. The second-order valence-corrected chi connectivity index (χ2v) is 9.26. The van der Waals surface area contributed by atoms with Gasteiger partial charge in [-0.25, -0.2) is 9.97 Å². The Morgan fingerprint density at radius 2 is 2.10 bits per heavy atom. The van der Waals surface area contributed by atoms with Gasteiger partial charge in [0.15, 0.2) is 10.3 Å². The monoisotopic (exact) mass is 435 g/mol. The fourth-order valence-electron chi connectivity index (χ4n) is 3.70. The van der Waals surface area contributed by atoms with Gasteiger partial charge in [-0.15, -0.1) is 0 Å². The van der Waals surface area contributed by atoms with Crippen LogP contribution in [0.1, 0.15) is 29.2 Å². The van der Waals surface area contributed by atoms with E-state index in [2.05, 4.69) is 25.6 Å². The summed E-state index contributed by atoms with van der Waals surface area (Å²) in [7, 11) is 1.88. The first kappa shape index (κ1) is 19.8. The summed E-state index contributed by atoms with van der Waals surface area (Å²) in [6.07, 6.45) is 1.50. The van der Waals surface area contributed by atoms with Crippen LogP contribution < -0.4 is 15.5 Å². The second-order valence-electron chi connectivity index (χ2n) is 7.65. The van der Waals surface area contributed by atoms with Crippen LogP contribution in [-0.2, 0) is 4.79 Å². The zero-order chi connectivity index (χ0) is 20.9. The minimum atomic E-state index is -0.285. The maximum Gasteiger partial charge on any atom is 0.265 e. The summed E-state index contributed by atoms with van der Waals surface area (Å²) < 4.78 is 0.359. The molecule has 1 saturated heterocycles. The van der Waals surface area contributed by atoms with Crippen molar-refractivity contribution in [2.45, 2.75) is 32.9 Å². The van der Waals surface area contributed by atoms with Gasteiger partial charge in [0.05, 0.1) is 17.9 Å². The van der Waals surface area contributed by atoms with Gasteiger partial charge in [-0.2, -0.15) is 4.98 Å². The maximum absolute atomic E-state index is 12.4. The first-order valence-corrected chi connectivity index (χ1v) is 10.5. The molecule has 154 valence electrons. The van der Waals surface area contributed by atoms with Gasteiger partial charge in [-0.3, -0.25) is 9.59 Å². The zero-order valence-electron chi connectivity index (χ0n) is 16.6. The Bertz CT molecular complexity index is 973. The predicted molar refractivity (Wildman–Crippen MR) is 113 cm³/mol. The fraction of sp³-hybridized carbons (Fsp3) is 0.500. The first-order chi connectivity index (χ1) is 13.7. The van der Waals surface area contributed by atoms with Gasteiger partial charge in [0, 0.05) is 20.1 Å². The molecule has 4 rings (SSSR count). The van der Waals surface area contributed by atoms with Crippen LogP contribution >= 0.6 is 22.9 Å². The topological polar surface area (TPSA) is 103 Å². The van der Waals surface area contributed by atoms with Gasteiger partial charge >= 0.3 is 0 Å². The van der Waals surface area contributed by atoms with Crippen LogP contribution in [0.2, 0.25) is 4.47 Å². The van der Waals surface area contributed by atoms with E-state index in [0.29, 0.717) is 45.6 Å². The van der Waals surface area contributed by atoms with Crippen molar-refractivity contribution in [3.8, 4) is 0 Å². The van der Waals surface area contributed by atoms with Crippen molar-refractivity contribution in [2.75, 3.05) is 35.7 Å². The predicted octanol–water partition coefficient (Wildman–Crippen LogP) is 2.24. The maximum atomic E-state index is 12.4. The molecule has 2 aliphatic heterocycles. The minimum Gasteiger partial charge on any atom is -0.348 e. The van der Waals surface area contributed by atoms with E-state index in [9.17, 15) is 9.59 Å². The quantitative estimate of drug-likeness (QED) is 0.758. The number of likely N-dealkylation sites (N-methyl/N-ethyl adjacent to an activating group) is 1. The number of hydrogen-bond donors (Lipinski definition) is 2. The molecule has 0 spiro atoms. The molecule has 0 bridgehead atoms. The first-order valence-electron chi connectivity index (χ1n) is 9.34. The third-order valence-corrected chi connectivity index (χ3v) is 6.26. The number of thiazole rings is 1. The van der Waals surface area contributed by atoms with Crippen LogP contribution in [-0.4, -0.2) is 63.9 Å². The molecule has 2 aromatic heterocycles. The number of anilines is 3. The molecule has 0 saturated carbocycles. The lowest BCUT2D eigenvalue weighted by Gasteiger charge is -2.40. The molecule has 0 radical (unpaired) electrons. The van der Waals surface area contributed by atoms with Gasteiger partial charge in [-0.05, 0) is 12.8 Å². The van der Waals surface area contributed by atoms with Gasteiger partial charge in [0.2, 0.25) is 11.9 Å². The molecule has 0 aliphatic carbocycles. The molecule has 2 aliphatic rings. The number of halogens is 1. The van der Waals surface area contributed by atoms with Crippen LogP contribution in [0.15, 0.2) is 6.20 Å². The van der Waals surface area contributed by atoms with Crippen molar-refractivity contribution in [1.82, 2.24) is 19.9 Å². The number of nitrogens with zero attached hydrogens (tertiary/aromatic N) is 5. The highest BCUT2D eigenvalue weighted by molar-refractivity contribution is 7.17. The average Bonchev–Trinajstić information content (AvgIpc) is 3.04. The SMILES string of the molecule is Cc1nc(NC2CN(C(=O)c3cnc(Cl)s3)C2)nc2c1NC(=O)C(C(C)C)N2C. The summed E-state index contributed by atoms with van der Waals surface area (Å²) in [6, 6.07) is -0.225. The number of carbonyl (C=O) groups excluding carboxylic acids is 2. The lowest BCUT2D eigenvalue weighted by Crippen LogP contribution is -2.57. The van der Waals surface area contributed by atoms with Gasteiger partial charge in [-0.1, -0.05) is 36.8 Å². The number of amides is 2. The number of aryl methyl sites for hydroxylation is 1. The smallest absolute Gasteiger partial charge is 0.265 e. The Hall–Kier alpha value is -2.46. The molecular weight excluding hydrogens is 414 g/mol. The van der Waals surface area contributed by atoms with E-state index in [-0.39, 0.29) is 29.8 Å². The number of carbonyl (C=O) groups is 2. The Labute approximate surface area is 177 Å². The Kier molecular flexibility index (Phi) is 5.07. The van der Waals surface area contributed by atoms with E-state index in [0.717, 1.165) is 0 Å². The van der Waals surface area contributed by atoms with Crippen LogP contribution in [0, 0.1) is 12.8 Å². The zero-order valence-corrected chi connectivity index (χ0v) is 18.1. The van der Waals surface area contributed by atoms with E-state index >= 15 is 0 Å². The number of aromatic nitrogens is 3. The molecule has 11 heteroatoms. The van der Waals surface area contributed by atoms with Crippen molar-refractivity contribution in [2.24, 2.45) is 5.92 Å². The molecule has 2 aromatic rings. The van der Waals surface area contributed by atoms with E-state index < -0.39 is 0 Å². The Morgan fingerprint density at radius 1 is 1.38 bits per heavy atom. The summed E-state index contributed by atoms with van der Waals surface area (Å²) >= 11 is 6.98. The molecule has 4 heterocycles. The van der Waals surface area contributed by atoms with Gasteiger partial charge in [0.1, 0.15) is 16.6 Å². The van der Waals surface area contributed by atoms with Crippen molar-refractivity contribution in [3.63, 3.8) is 0 Å². The molecular formula is C18H22ClN7O2S. The lowest BCUT2D eigenvalue weighted by atomic mass is 9.99. The molecule has 29 heavy (non-hydrogen) atoms. The highest BCUT2D eigenvalue weighted by Gasteiger charge is 2.36. The van der Waals surface area contributed by atoms with Gasteiger partial charge in [0.25, 0.3) is 5.91 Å². The summed E-state index contributed by atoms with van der Waals surface area (Å²) in [6.45, 7) is 6.97. The number of rotatable bonds is 4. The van der Waals surface area contributed by atoms with Crippen LogP contribution in [0.3, 0.4) is 0 Å². The van der Waals surface area contributed by atoms with Crippen molar-refractivity contribution >= 4 is 52.2 Å². The molecule has 0 aromatic carbocycles. The average molecular weight is 436 g/mol. The van der Waals surface area contributed by atoms with Crippen molar-refractivity contribution in [3.05, 3.63) is 21.2 Å². The van der Waals surface area contributed by atoms with Crippen LogP contribution in [0.4, 0.5) is 17.5 Å². The van der Waals surface area contributed by atoms with Crippen molar-refractivity contribution in [1.29, 1.82) is 0 Å². The largest absolute Gasteiger partial charge is 0.348 e.